The quantitative estimate of drug-likeness (QED) is 0.250. The lowest BCUT2D eigenvalue weighted by Crippen LogP contribution is -2.53. The van der Waals surface area contributed by atoms with Gasteiger partial charge in [-0.3, -0.25) is 13.9 Å². The Kier molecular flexibility index (Phi) is 10.1. The van der Waals surface area contributed by atoms with Crippen LogP contribution in [0.3, 0.4) is 0 Å². The number of anilines is 1. The minimum atomic E-state index is -4.12. The van der Waals surface area contributed by atoms with E-state index in [1.807, 2.05) is 80.6 Å². The van der Waals surface area contributed by atoms with E-state index in [1.54, 1.807) is 37.4 Å². The van der Waals surface area contributed by atoms with Crippen LogP contribution >= 0.6 is 0 Å². The van der Waals surface area contributed by atoms with Crippen molar-refractivity contribution in [3.05, 3.63) is 131 Å². The molecule has 2 amide bonds. The molecule has 0 aliphatic carbocycles. The van der Waals surface area contributed by atoms with Gasteiger partial charge in [0.1, 0.15) is 12.6 Å². The van der Waals surface area contributed by atoms with Crippen LogP contribution in [0.1, 0.15) is 29.2 Å². The molecule has 42 heavy (non-hydrogen) atoms. The first-order valence-corrected chi connectivity index (χ1v) is 15.4. The molecular formula is C34H37N3O4S. The van der Waals surface area contributed by atoms with E-state index in [1.165, 1.54) is 21.3 Å². The van der Waals surface area contributed by atoms with Gasteiger partial charge in [0, 0.05) is 20.0 Å². The van der Waals surface area contributed by atoms with Gasteiger partial charge in [-0.05, 0) is 48.2 Å². The van der Waals surface area contributed by atoms with Crippen molar-refractivity contribution in [1.29, 1.82) is 0 Å². The third-order valence-corrected chi connectivity index (χ3v) is 8.98. The Hall–Kier alpha value is -4.43. The summed E-state index contributed by atoms with van der Waals surface area (Å²) in [7, 11) is -2.58. The van der Waals surface area contributed by atoms with Crippen LogP contribution < -0.4 is 9.62 Å². The molecule has 0 aliphatic heterocycles. The van der Waals surface area contributed by atoms with Crippen LogP contribution in [0.2, 0.25) is 0 Å². The number of rotatable bonds is 12. The van der Waals surface area contributed by atoms with Crippen molar-refractivity contribution in [1.82, 2.24) is 10.2 Å². The molecule has 0 bridgehead atoms. The second-order valence-corrected chi connectivity index (χ2v) is 12.0. The van der Waals surface area contributed by atoms with E-state index in [0.29, 0.717) is 12.1 Å². The second-order valence-electron chi connectivity index (χ2n) is 10.1. The SMILES string of the molecule is CCc1ccccc1N(CC(=O)N(Cc1cccc(C)c1)C(Cc1ccccc1)C(=O)NC)S(=O)(=O)c1ccccc1. The first-order valence-electron chi connectivity index (χ1n) is 14.0. The molecule has 0 aromatic heterocycles. The maximum atomic E-state index is 14.4. The van der Waals surface area contributed by atoms with E-state index < -0.39 is 28.5 Å². The summed E-state index contributed by atoms with van der Waals surface area (Å²) in [5, 5.41) is 2.71. The molecule has 1 unspecified atom stereocenters. The molecule has 8 heteroatoms. The Morgan fingerprint density at radius 1 is 0.810 bits per heavy atom. The molecule has 1 N–H and O–H groups in total. The van der Waals surface area contributed by atoms with Gasteiger partial charge in [-0.2, -0.15) is 0 Å². The van der Waals surface area contributed by atoms with Crippen molar-refractivity contribution in [2.24, 2.45) is 0 Å². The average molecular weight is 584 g/mol. The number of likely N-dealkylation sites (N-methyl/N-ethyl adjacent to an activating group) is 1. The lowest BCUT2D eigenvalue weighted by Gasteiger charge is -2.34. The van der Waals surface area contributed by atoms with Gasteiger partial charge in [-0.15, -0.1) is 0 Å². The van der Waals surface area contributed by atoms with Crippen molar-refractivity contribution < 1.29 is 18.0 Å². The number of nitrogens with one attached hydrogen (secondary N) is 1. The molecule has 4 rings (SSSR count). The normalized spacial score (nSPS) is 11.9. The van der Waals surface area contributed by atoms with Crippen LogP contribution in [0.15, 0.2) is 114 Å². The average Bonchev–Trinajstić information content (AvgIpc) is 3.02. The number of benzene rings is 4. The van der Waals surface area contributed by atoms with Gasteiger partial charge >= 0.3 is 0 Å². The number of hydrogen-bond donors (Lipinski definition) is 1. The van der Waals surface area contributed by atoms with Crippen molar-refractivity contribution >= 4 is 27.5 Å². The smallest absolute Gasteiger partial charge is 0.264 e. The highest BCUT2D eigenvalue weighted by atomic mass is 32.2. The number of aryl methyl sites for hydroxylation is 2. The van der Waals surface area contributed by atoms with E-state index in [2.05, 4.69) is 5.32 Å². The first-order chi connectivity index (χ1) is 20.2. The largest absolute Gasteiger partial charge is 0.357 e. The van der Waals surface area contributed by atoms with Crippen LogP contribution in [0.25, 0.3) is 0 Å². The first kappa shape index (κ1) is 30.5. The molecular weight excluding hydrogens is 546 g/mol. The fourth-order valence-corrected chi connectivity index (χ4v) is 6.49. The zero-order valence-electron chi connectivity index (χ0n) is 24.2. The van der Waals surface area contributed by atoms with E-state index in [9.17, 15) is 18.0 Å². The maximum Gasteiger partial charge on any atom is 0.264 e. The van der Waals surface area contributed by atoms with Crippen molar-refractivity contribution in [2.45, 2.75) is 44.2 Å². The third kappa shape index (κ3) is 7.25. The fraction of sp³-hybridized carbons (Fsp3) is 0.235. The summed E-state index contributed by atoms with van der Waals surface area (Å²) in [5.74, 6) is -0.808. The topological polar surface area (TPSA) is 86.8 Å². The van der Waals surface area contributed by atoms with Gasteiger partial charge in [0.15, 0.2) is 0 Å². The fourth-order valence-electron chi connectivity index (χ4n) is 5.01. The summed E-state index contributed by atoms with van der Waals surface area (Å²) in [4.78, 5) is 29.3. The van der Waals surface area contributed by atoms with Crippen molar-refractivity contribution in [3.8, 4) is 0 Å². The third-order valence-electron chi connectivity index (χ3n) is 7.20. The van der Waals surface area contributed by atoms with E-state index in [4.69, 9.17) is 0 Å². The van der Waals surface area contributed by atoms with Crippen molar-refractivity contribution in [3.63, 3.8) is 0 Å². The molecule has 0 saturated carbocycles. The summed E-state index contributed by atoms with van der Waals surface area (Å²) in [5.41, 5.74) is 3.98. The highest BCUT2D eigenvalue weighted by Crippen LogP contribution is 2.28. The molecule has 4 aromatic carbocycles. The number of para-hydroxylation sites is 1. The Labute approximate surface area is 248 Å². The van der Waals surface area contributed by atoms with Crippen LogP contribution in [0.4, 0.5) is 5.69 Å². The molecule has 4 aromatic rings. The van der Waals surface area contributed by atoms with Gasteiger partial charge < -0.3 is 10.2 Å². The predicted molar refractivity (Wildman–Crippen MR) is 167 cm³/mol. The minimum absolute atomic E-state index is 0.0843. The van der Waals surface area contributed by atoms with Crippen LogP contribution in [0, 0.1) is 6.92 Å². The maximum absolute atomic E-state index is 14.4. The summed E-state index contributed by atoms with van der Waals surface area (Å²) < 4.78 is 29.4. The van der Waals surface area contributed by atoms with Gasteiger partial charge in [0.2, 0.25) is 11.8 Å². The molecule has 0 fully saturated rings. The van der Waals surface area contributed by atoms with Crippen LogP contribution in [0.5, 0.6) is 0 Å². The zero-order valence-corrected chi connectivity index (χ0v) is 25.1. The Morgan fingerprint density at radius 2 is 1.43 bits per heavy atom. The molecule has 0 saturated heterocycles. The monoisotopic (exact) mass is 583 g/mol. The van der Waals surface area contributed by atoms with Gasteiger partial charge in [-0.25, -0.2) is 8.42 Å². The van der Waals surface area contributed by atoms with Crippen LogP contribution in [-0.2, 0) is 39.0 Å². The number of carbonyl (C=O) groups excluding carboxylic acids is 2. The number of amides is 2. The van der Waals surface area contributed by atoms with Crippen LogP contribution in [-0.4, -0.2) is 44.8 Å². The standard InChI is InChI=1S/C34H37N3O4S/c1-4-29-18-11-12-21-31(29)37(42(40,41)30-19-9-6-10-20-30)25-33(38)36(24-28-17-13-14-26(2)22-28)32(34(39)35-3)23-27-15-7-5-8-16-27/h5-22,32H,4,23-25H2,1-3H3,(H,35,39). The molecule has 218 valence electrons. The van der Waals surface area contributed by atoms with E-state index in [0.717, 1.165) is 22.3 Å². The minimum Gasteiger partial charge on any atom is -0.357 e. The molecule has 0 heterocycles. The number of carbonyl (C=O) groups is 2. The molecule has 0 spiro atoms. The molecule has 7 nitrogen and oxygen atoms in total. The van der Waals surface area contributed by atoms with E-state index in [-0.39, 0.29) is 23.8 Å². The molecule has 0 aliphatic rings. The highest BCUT2D eigenvalue weighted by Gasteiger charge is 2.34. The number of nitrogens with zero attached hydrogens (tertiary/aromatic N) is 2. The Bertz CT molecular complexity index is 1610. The lowest BCUT2D eigenvalue weighted by atomic mass is 10.0. The molecule has 0 radical (unpaired) electrons. The lowest BCUT2D eigenvalue weighted by molar-refractivity contribution is -0.139. The summed E-state index contributed by atoms with van der Waals surface area (Å²) in [6.07, 6.45) is 0.849. The number of hydrogen-bond acceptors (Lipinski definition) is 4. The van der Waals surface area contributed by atoms with Crippen molar-refractivity contribution in [2.75, 3.05) is 17.9 Å². The zero-order chi connectivity index (χ0) is 30.1. The Balaban J connectivity index is 1.81. The van der Waals surface area contributed by atoms with Gasteiger partial charge in [0.25, 0.3) is 10.0 Å². The predicted octanol–water partition coefficient (Wildman–Crippen LogP) is 5.14. The van der Waals surface area contributed by atoms with Gasteiger partial charge in [-0.1, -0.05) is 103 Å². The van der Waals surface area contributed by atoms with Gasteiger partial charge in [0.05, 0.1) is 10.6 Å². The summed E-state index contributed by atoms with van der Waals surface area (Å²) >= 11 is 0. The number of sulfonamides is 1. The molecule has 1 atom stereocenters. The summed E-state index contributed by atoms with van der Waals surface area (Å²) in [6.45, 7) is 3.58. The summed E-state index contributed by atoms with van der Waals surface area (Å²) in [6, 6.07) is 31.7. The highest BCUT2D eigenvalue weighted by molar-refractivity contribution is 7.92. The van der Waals surface area contributed by atoms with E-state index >= 15 is 0 Å². The Morgan fingerprint density at radius 3 is 2.07 bits per heavy atom. The second kappa shape index (κ2) is 14.0.